The summed E-state index contributed by atoms with van der Waals surface area (Å²) in [6.07, 6.45) is 5.19. The molecule has 0 bridgehead atoms. The minimum absolute atomic E-state index is 0.00708. The van der Waals surface area contributed by atoms with Crippen molar-refractivity contribution in [2.24, 2.45) is 5.90 Å². The van der Waals surface area contributed by atoms with Crippen molar-refractivity contribution in [3.05, 3.63) is 30.1 Å². The van der Waals surface area contributed by atoms with Crippen molar-refractivity contribution >= 4 is 5.91 Å². The summed E-state index contributed by atoms with van der Waals surface area (Å²) in [4.78, 5) is 22.5. The lowest BCUT2D eigenvalue weighted by Gasteiger charge is -2.23. The first-order valence-corrected chi connectivity index (χ1v) is 5.35. The third kappa shape index (κ3) is 2.20. The quantitative estimate of drug-likeness (QED) is 0.758. The molecule has 1 unspecified atom stereocenters. The highest BCUT2D eigenvalue weighted by Crippen LogP contribution is 2.19. The number of likely N-dealkylation sites (tertiary alicyclic amines) is 1. The Balaban J connectivity index is 2.09. The van der Waals surface area contributed by atoms with E-state index in [0.29, 0.717) is 12.2 Å². The normalized spacial score (nSPS) is 20.1. The molecule has 1 aliphatic heterocycles. The smallest absolute Gasteiger partial charge is 0.255 e. The van der Waals surface area contributed by atoms with Crippen LogP contribution < -0.4 is 5.90 Å². The number of nitrogens with two attached hydrogens (primary N) is 1. The van der Waals surface area contributed by atoms with Crippen LogP contribution in [-0.4, -0.2) is 35.0 Å². The third-order valence-corrected chi connectivity index (χ3v) is 2.84. The molecule has 2 heterocycles. The Bertz CT molecular complexity index is 356. The van der Waals surface area contributed by atoms with Gasteiger partial charge in [0.25, 0.3) is 5.91 Å². The van der Waals surface area contributed by atoms with Crippen molar-refractivity contribution in [3.63, 3.8) is 0 Å². The summed E-state index contributed by atoms with van der Waals surface area (Å²) in [7, 11) is 0. The summed E-state index contributed by atoms with van der Waals surface area (Å²) in [6, 6.07) is 3.63. The first-order chi connectivity index (χ1) is 7.83. The van der Waals surface area contributed by atoms with Crippen molar-refractivity contribution in [1.82, 2.24) is 9.88 Å². The molecule has 1 aromatic heterocycles. The van der Waals surface area contributed by atoms with Crippen molar-refractivity contribution in [2.45, 2.75) is 18.9 Å². The summed E-state index contributed by atoms with van der Waals surface area (Å²) in [5.41, 5.74) is 0.617. The zero-order valence-corrected chi connectivity index (χ0v) is 9.00. The number of aromatic nitrogens is 1. The van der Waals surface area contributed by atoms with Gasteiger partial charge in [0, 0.05) is 18.9 Å². The average molecular weight is 221 g/mol. The zero-order valence-electron chi connectivity index (χ0n) is 9.00. The van der Waals surface area contributed by atoms with Crippen LogP contribution in [0.25, 0.3) is 0 Å². The SMILES string of the molecule is NOCC1CCCN1C(=O)c1cccnc1. The van der Waals surface area contributed by atoms with Crippen LogP contribution >= 0.6 is 0 Å². The van der Waals surface area contributed by atoms with E-state index in [4.69, 9.17) is 5.90 Å². The van der Waals surface area contributed by atoms with Crippen LogP contribution in [0, 0.1) is 0 Å². The lowest BCUT2D eigenvalue weighted by Crippen LogP contribution is -2.38. The molecule has 0 aromatic carbocycles. The zero-order chi connectivity index (χ0) is 11.4. The second kappa shape index (κ2) is 5.05. The Labute approximate surface area is 94.2 Å². The van der Waals surface area contributed by atoms with Crippen LogP contribution in [0.4, 0.5) is 0 Å². The minimum atomic E-state index is 0.00708. The first-order valence-electron chi connectivity index (χ1n) is 5.35. The number of nitrogens with zero attached hydrogens (tertiary/aromatic N) is 2. The number of hydrogen-bond donors (Lipinski definition) is 1. The van der Waals surface area contributed by atoms with Crippen molar-refractivity contribution in [3.8, 4) is 0 Å². The highest BCUT2D eigenvalue weighted by molar-refractivity contribution is 5.94. The molecule has 1 aliphatic rings. The lowest BCUT2D eigenvalue weighted by molar-refractivity contribution is 0.0540. The lowest BCUT2D eigenvalue weighted by atomic mass is 10.2. The van der Waals surface area contributed by atoms with Gasteiger partial charge in [0.15, 0.2) is 0 Å². The van der Waals surface area contributed by atoms with Crippen LogP contribution in [0.1, 0.15) is 23.2 Å². The van der Waals surface area contributed by atoms with Gasteiger partial charge in [-0.2, -0.15) is 0 Å². The number of carbonyl (C=O) groups excluding carboxylic acids is 1. The Hall–Kier alpha value is -1.46. The van der Waals surface area contributed by atoms with E-state index in [1.165, 1.54) is 0 Å². The minimum Gasteiger partial charge on any atom is -0.333 e. The van der Waals surface area contributed by atoms with E-state index in [2.05, 4.69) is 9.82 Å². The van der Waals surface area contributed by atoms with E-state index in [-0.39, 0.29) is 11.9 Å². The number of amides is 1. The largest absolute Gasteiger partial charge is 0.333 e. The molecule has 0 aliphatic carbocycles. The molecule has 5 heteroatoms. The van der Waals surface area contributed by atoms with Crippen molar-refractivity contribution in [2.75, 3.05) is 13.2 Å². The molecule has 0 radical (unpaired) electrons. The van der Waals surface area contributed by atoms with Gasteiger partial charge in [0.05, 0.1) is 18.2 Å². The fourth-order valence-corrected chi connectivity index (χ4v) is 2.04. The molecule has 2 rings (SSSR count). The Morgan fingerprint density at radius 1 is 1.69 bits per heavy atom. The molecule has 5 nitrogen and oxygen atoms in total. The van der Waals surface area contributed by atoms with Crippen molar-refractivity contribution in [1.29, 1.82) is 0 Å². The topological polar surface area (TPSA) is 68.5 Å². The summed E-state index contributed by atoms with van der Waals surface area (Å²) < 4.78 is 0. The molecule has 0 saturated carbocycles. The molecule has 1 saturated heterocycles. The maximum Gasteiger partial charge on any atom is 0.255 e. The van der Waals surface area contributed by atoms with Gasteiger partial charge < -0.3 is 9.74 Å². The van der Waals surface area contributed by atoms with Crippen LogP contribution in [0.15, 0.2) is 24.5 Å². The predicted molar refractivity (Wildman–Crippen MR) is 58.4 cm³/mol. The molecule has 1 amide bonds. The van der Waals surface area contributed by atoms with Gasteiger partial charge in [0.2, 0.25) is 0 Å². The Morgan fingerprint density at radius 3 is 3.25 bits per heavy atom. The summed E-state index contributed by atoms with van der Waals surface area (Å²) in [5.74, 6) is 5.07. The predicted octanol–water partition coefficient (Wildman–Crippen LogP) is 0.576. The van der Waals surface area contributed by atoms with E-state index >= 15 is 0 Å². The van der Waals surface area contributed by atoms with Crippen LogP contribution in [0.5, 0.6) is 0 Å². The van der Waals surface area contributed by atoms with Gasteiger partial charge in [-0.15, -0.1) is 0 Å². The maximum atomic E-state index is 12.1. The molecular weight excluding hydrogens is 206 g/mol. The van der Waals surface area contributed by atoms with Crippen molar-refractivity contribution < 1.29 is 9.63 Å². The van der Waals surface area contributed by atoms with Gasteiger partial charge in [-0.25, -0.2) is 5.90 Å². The molecule has 86 valence electrons. The fourth-order valence-electron chi connectivity index (χ4n) is 2.04. The van der Waals surface area contributed by atoms with E-state index in [0.717, 1.165) is 19.4 Å². The van der Waals surface area contributed by atoms with Crippen LogP contribution in [0.3, 0.4) is 0 Å². The van der Waals surface area contributed by atoms with E-state index in [1.54, 1.807) is 24.5 Å². The monoisotopic (exact) mass is 221 g/mol. The molecule has 16 heavy (non-hydrogen) atoms. The van der Waals surface area contributed by atoms with E-state index in [9.17, 15) is 4.79 Å². The number of carbonyl (C=O) groups is 1. The Morgan fingerprint density at radius 2 is 2.56 bits per heavy atom. The fraction of sp³-hybridized carbons (Fsp3) is 0.455. The van der Waals surface area contributed by atoms with Gasteiger partial charge >= 0.3 is 0 Å². The standard InChI is InChI=1S/C11H15N3O2/c12-16-8-10-4-2-6-14(10)11(15)9-3-1-5-13-7-9/h1,3,5,7,10H,2,4,6,8,12H2. The highest BCUT2D eigenvalue weighted by atomic mass is 16.6. The molecule has 1 fully saturated rings. The molecule has 2 N–H and O–H groups in total. The van der Waals surface area contributed by atoms with Gasteiger partial charge in [-0.05, 0) is 25.0 Å². The van der Waals surface area contributed by atoms with E-state index < -0.39 is 0 Å². The van der Waals surface area contributed by atoms with Gasteiger partial charge in [-0.1, -0.05) is 0 Å². The molecule has 0 spiro atoms. The van der Waals surface area contributed by atoms with Gasteiger partial charge in [-0.3, -0.25) is 9.78 Å². The summed E-state index contributed by atoms with van der Waals surface area (Å²) in [6.45, 7) is 1.16. The first kappa shape index (κ1) is 11.0. The van der Waals surface area contributed by atoms with Crippen LogP contribution in [-0.2, 0) is 4.84 Å². The third-order valence-electron chi connectivity index (χ3n) is 2.84. The second-order valence-corrected chi connectivity index (χ2v) is 3.87. The Kier molecular flexibility index (Phi) is 3.48. The number of pyridine rings is 1. The summed E-state index contributed by atoms with van der Waals surface area (Å²) >= 11 is 0. The number of rotatable bonds is 3. The average Bonchev–Trinajstić information content (AvgIpc) is 2.78. The van der Waals surface area contributed by atoms with Crippen LogP contribution in [0.2, 0.25) is 0 Å². The molecular formula is C11H15N3O2. The molecule has 1 aromatic rings. The highest BCUT2D eigenvalue weighted by Gasteiger charge is 2.29. The summed E-state index contributed by atoms with van der Waals surface area (Å²) in [5, 5.41) is 0. The number of hydrogen-bond acceptors (Lipinski definition) is 4. The molecule has 1 atom stereocenters. The maximum absolute atomic E-state index is 12.1. The van der Waals surface area contributed by atoms with Gasteiger partial charge in [0.1, 0.15) is 0 Å². The second-order valence-electron chi connectivity index (χ2n) is 3.87. The van der Waals surface area contributed by atoms with E-state index in [1.807, 2.05) is 4.90 Å².